The third-order valence-electron chi connectivity index (χ3n) is 2.47. The Morgan fingerprint density at radius 2 is 2.29 bits per heavy atom. The van der Waals surface area contributed by atoms with Crippen LogP contribution in [0, 0.1) is 0 Å². The van der Waals surface area contributed by atoms with Crippen LogP contribution in [0.5, 0.6) is 5.75 Å². The molecule has 4 nitrogen and oxygen atoms in total. The number of amidine groups is 1. The van der Waals surface area contributed by atoms with E-state index in [4.69, 9.17) is 15.7 Å². The largest absolute Gasteiger partial charge is 0.490 e. The summed E-state index contributed by atoms with van der Waals surface area (Å²) in [4.78, 5) is 0.932. The Bertz CT molecular complexity index is 407. The number of hydrogen-bond donors (Lipinski definition) is 2. The van der Waals surface area contributed by atoms with Gasteiger partial charge in [0.25, 0.3) is 0 Å². The molecule has 94 valence electrons. The summed E-state index contributed by atoms with van der Waals surface area (Å²) in [5.41, 5.74) is 6.35. The second-order valence-corrected chi connectivity index (χ2v) is 4.50. The van der Waals surface area contributed by atoms with Gasteiger partial charge in [0.05, 0.1) is 11.7 Å². The van der Waals surface area contributed by atoms with E-state index in [9.17, 15) is 0 Å². The molecular formula is C12H18N2O2S. The van der Waals surface area contributed by atoms with Crippen molar-refractivity contribution >= 4 is 17.6 Å². The smallest absolute Gasteiger partial charge is 0.174 e. The number of rotatable bonds is 5. The molecule has 1 unspecified atom stereocenters. The summed E-state index contributed by atoms with van der Waals surface area (Å²) in [5.74, 6) is 0.731. The fourth-order valence-electron chi connectivity index (χ4n) is 1.38. The summed E-state index contributed by atoms with van der Waals surface area (Å²) in [5, 5.41) is 11.9. The van der Waals surface area contributed by atoms with E-state index in [-0.39, 0.29) is 11.9 Å². The van der Waals surface area contributed by atoms with Gasteiger partial charge in [-0.15, -0.1) is 11.8 Å². The van der Waals surface area contributed by atoms with Crippen LogP contribution in [0.1, 0.15) is 25.8 Å². The van der Waals surface area contributed by atoms with E-state index < -0.39 is 0 Å². The molecule has 1 aromatic carbocycles. The molecular weight excluding hydrogens is 236 g/mol. The lowest BCUT2D eigenvalue weighted by molar-refractivity contribution is 0.216. The van der Waals surface area contributed by atoms with Crippen LogP contribution in [0.15, 0.2) is 28.3 Å². The van der Waals surface area contributed by atoms with Crippen LogP contribution in [0.25, 0.3) is 0 Å². The first-order valence-corrected chi connectivity index (χ1v) is 6.68. The maximum absolute atomic E-state index is 8.82. The van der Waals surface area contributed by atoms with E-state index in [0.29, 0.717) is 11.3 Å². The summed E-state index contributed by atoms with van der Waals surface area (Å²) >= 11 is 1.54. The van der Waals surface area contributed by atoms with Crippen molar-refractivity contribution in [3.05, 3.63) is 23.8 Å². The summed E-state index contributed by atoms with van der Waals surface area (Å²) in [6, 6.07) is 5.65. The van der Waals surface area contributed by atoms with Gasteiger partial charge in [-0.2, -0.15) is 0 Å². The van der Waals surface area contributed by atoms with Crippen LogP contribution in [0.2, 0.25) is 0 Å². The van der Waals surface area contributed by atoms with Crippen molar-refractivity contribution in [3.8, 4) is 5.75 Å². The molecule has 3 N–H and O–H groups in total. The monoisotopic (exact) mass is 254 g/mol. The molecule has 0 aliphatic carbocycles. The van der Waals surface area contributed by atoms with Crippen molar-refractivity contribution in [1.29, 1.82) is 0 Å². The third kappa shape index (κ3) is 3.30. The molecule has 5 heteroatoms. The maximum atomic E-state index is 8.82. The molecule has 0 saturated carbocycles. The van der Waals surface area contributed by atoms with Gasteiger partial charge in [-0.3, -0.25) is 0 Å². The summed E-state index contributed by atoms with van der Waals surface area (Å²) in [7, 11) is 0. The van der Waals surface area contributed by atoms with Gasteiger partial charge < -0.3 is 15.7 Å². The Balaban J connectivity index is 3.19. The van der Waals surface area contributed by atoms with E-state index >= 15 is 0 Å². The van der Waals surface area contributed by atoms with Crippen LogP contribution in [0.3, 0.4) is 0 Å². The van der Waals surface area contributed by atoms with Crippen LogP contribution in [-0.2, 0) is 0 Å². The first-order chi connectivity index (χ1) is 8.13. The van der Waals surface area contributed by atoms with Gasteiger partial charge in [-0.1, -0.05) is 18.1 Å². The van der Waals surface area contributed by atoms with Crippen molar-refractivity contribution in [2.75, 3.05) is 6.26 Å². The predicted octanol–water partition coefficient (Wildman–Crippen LogP) is 2.68. The van der Waals surface area contributed by atoms with Crippen molar-refractivity contribution in [2.24, 2.45) is 10.9 Å². The Kier molecular flexibility index (Phi) is 5.15. The quantitative estimate of drug-likeness (QED) is 0.279. The lowest BCUT2D eigenvalue weighted by Crippen LogP contribution is -2.18. The van der Waals surface area contributed by atoms with Gasteiger partial charge in [-0.05, 0) is 31.7 Å². The number of benzene rings is 1. The molecule has 1 aromatic rings. The van der Waals surface area contributed by atoms with Crippen molar-refractivity contribution in [1.82, 2.24) is 0 Å². The highest BCUT2D eigenvalue weighted by atomic mass is 32.2. The van der Waals surface area contributed by atoms with Gasteiger partial charge >= 0.3 is 0 Å². The van der Waals surface area contributed by atoms with E-state index in [1.165, 1.54) is 11.8 Å². The molecule has 1 atom stereocenters. The van der Waals surface area contributed by atoms with Crippen molar-refractivity contribution in [3.63, 3.8) is 0 Å². The standard InChI is InChI=1S/C12H18N2O2S/c1-4-8(2)16-9-6-5-7-10(17-3)11(9)12(13)14-15/h5-8,15H,4H2,1-3H3,(H2,13,14). The van der Waals surface area contributed by atoms with E-state index in [1.807, 2.05) is 38.3 Å². The van der Waals surface area contributed by atoms with Gasteiger partial charge in [-0.25, -0.2) is 0 Å². The first kappa shape index (κ1) is 13.7. The zero-order valence-corrected chi connectivity index (χ0v) is 11.1. The van der Waals surface area contributed by atoms with Gasteiger partial charge in [0.1, 0.15) is 5.75 Å². The zero-order chi connectivity index (χ0) is 12.8. The second-order valence-electron chi connectivity index (χ2n) is 3.66. The van der Waals surface area contributed by atoms with Crippen molar-refractivity contribution in [2.45, 2.75) is 31.3 Å². The zero-order valence-electron chi connectivity index (χ0n) is 10.3. The highest BCUT2D eigenvalue weighted by molar-refractivity contribution is 7.98. The molecule has 0 aliphatic rings. The number of oxime groups is 1. The van der Waals surface area contributed by atoms with Gasteiger partial charge in [0.15, 0.2) is 5.84 Å². The lowest BCUT2D eigenvalue weighted by Gasteiger charge is -2.17. The Hall–Kier alpha value is -1.36. The summed E-state index contributed by atoms with van der Waals surface area (Å²) < 4.78 is 5.77. The molecule has 1 rings (SSSR count). The second kappa shape index (κ2) is 6.39. The molecule has 0 radical (unpaired) electrons. The number of ether oxygens (including phenoxy) is 1. The molecule has 0 aromatic heterocycles. The number of nitrogens with zero attached hydrogens (tertiary/aromatic N) is 1. The Morgan fingerprint density at radius 1 is 1.59 bits per heavy atom. The molecule has 0 saturated heterocycles. The molecule has 0 fully saturated rings. The minimum atomic E-state index is 0.0771. The molecule has 0 aliphatic heterocycles. The molecule has 0 bridgehead atoms. The fraction of sp³-hybridized carbons (Fsp3) is 0.417. The van der Waals surface area contributed by atoms with E-state index in [0.717, 1.165) is 11.3 Å². The minimum Gasteiger partial charge on any atom is -0.490 e. The summed E-state index contributed by atoms with van der Waals surface area (Å²) in [6.45, 7) is 4.04. The normalized spacial score (nSPS) is 13.5. The Morgan fingerprint density at radius 3 is 2.82 bits per heavy atom. The molecule has 0 amide bonds. The van der Waals surface area contributed by atoms with E-state index in [1.54, 1.807) is 0 Å². The maximum Gasteiger partial charge on any atom is 0.174 e. The van der Waals surface area contributed by atoms with Crippen molar-refractivity contribution < 1.29 is 9.94 Å². The Labute approximate surface area is 106 Å². The average Bonchev–Trinajstić information content (AvgIpc) is 2.37. The highest BCUT2D eigenvalue weighted by Crippen LogP contribution is 2.29. The molecule has 0 heterocycles. The average molecular weight is 254 g/mol. The SMILES string of the molecule is CCC(C)Oc1cccc(SC)c1/C(N)=N/O. The topological polar surface area (TPSA) is 67.8 Å². The first-order valence-electron chi connectivity index (χ1n) is 5.45. The minimum absolute atomic E-state index is 0.0771. The van der Waals surface area contributed by atoms with Gasteiger partial charge in [0, 0.05) is 4.90 Å². The summed E-state index contributed by atoms with van der Waals surface area (Å²) in [6.07, 6.45) is 2.94. The number of nitrogens with two attached hydrogens (primary N) is 1. The third-order valence-corrected chi connectivity index (χ3v) is 3.25. The number of hydrogen-bond acceptors (Lipinski definition) is 4. The molecule has 0 spiro atoms. The van der Waals surface area contributed by atoms with E-state index in [2.05, 4.69) is 5.16 Å². The predicted molar refractivity (Wildman–Crippen MR) is 71.1 cm³/mol. The highest BCUT2D eigenvalue weighted by Gasteiger charge is 2.15. The van der Waals surface area contributed by atoms with Gasteiger partial charge in [0.2, 0.25) is 0 Å². The van der Waals surface area contributed by atoms with Crippen LogP contribution in [-0.4, -0.2) is 23.4 Å². The fourth-order valence-corrected chi connectivity index (χ4v) is 2.01. The van der Waals surface area contributed by atoms with Crippen LogP contribution in [0.4, 0.5) is 0 Å². The lowest BCUT2D eigenvalue weighted by atomic mass is 10.1. The van der Waals surface area contributed by atoms with Crippen LogP contribution >= 0.6 is 11.8 Å². The molecule has 17 heavy (non-hydrogen) atoms. The van der Waals surface area contributed by atoms with Crippen LogP contribution < -0.4 is 10.5 Å². The number of thioether (sulfide) groups is 1.